The molecule has 74 heavy (non-hydrogen) atoms. The van der Waals surface area contributed by atoms with E-state index in [9.17, 15) is 14.4 Å². The summed E-state index contributed by atoms with van der Waals surface area (Å²) in [5.41, 5.74) is 0. The number of carbonyl (C=O) groups excluding carboxylic acids is 3. The topological polar surface area (TPSA) is 78.9 Å². The van der Waals surface area contributed by atoms with E-state index in [1.165, 1.54) is 289 Å². The Morgan fingerprint density at radius 2 is 0.446 bits per heavy atom. The number of hydrogen-bond donors (Lipinski definition) is 0. The normalized spacial score (nSPS) is 12.0. The van der Waals surface area contributed by atoms with Crippen molar-refractivity contribution >= 4 is 17.9 Å². The summed E-state index contributed by atoms with van der Waals surface area (Å²) in [5.74, 6) is -0.836. The van der Waals surface area contributed by atoms with E-state index in [1.807, 2.05) is 0 Å². The second-order valence-electron chi connectivity index (χ2n) is 23.1. The van der Waals surface area contributed by atoms with E-state index in [-0.39, 0.29) is 31.1 Å². The molecule has 0 heterocycles. The maximum absolute atomic E-state index is 12.9. The van der Waals surface area contributed by atoms with Crippen molar-refractivity contribution in [3.63, 3.8) is 0 Å². The lowest BCUT2D eigenvalue weighted by Crippen LogP contribution is -2.30. The van der Waals surface area contributed by atoms with Crippen LogP contribution < -0.4 is 0 Å². The molecule has 0 aliphatic carbocycles. The van der Waals surface area contributed by atoms with Crippen molar-refractivity contribution in [2.75, 3.05) is 13.2 Å². The Morgan fingerprint density at radius 3 is 0.676 bits per heavy atom. The molecule has 0 bridgehead atoms. The first kappa shape index (κ1) is 72.2. The van der Waals surface area contributed by atoms with Crippen molar-refractivity contribution in [2.24, 2.45) is 0 Å². The van der Waals surface area contributed by atoms with E-state index < -0.39 is 6.10 Å². The second kappa shape index (κ2) is 63.7. The van der Waals surface area contributed by atoms with Crippen molar-refractivity contribution in [3.05, 3.63) is 12.2 Å². The minimum absolute atomic E-state index is 0.0650. The Labute approximate surface area is 462 Å². The van der Waals surface area contributed by atoms with Gasteiger partial charge in [-0.2, -0.15) is 0 Å². The maximum Gasteiger partial charge on any atom is 0.306 e. The standard InChI is InChI=1S/C68H130O6/c1-4-7-10-13-16-19-22-25-28-30-32-33-34-35-36-38-40-43-46-49-52-55-58-61-67(70)73-64-65(63-72-66(69)60-57-54-51-48-45-42-39-27-24-21-18-15-12-9-6-3)74-68(71)62-59-56-53-50-47-44-41-37-31-29-26-23-20-17-14-11-8-5-2/h29,31,65H,4-28,30,32-64H2,1-3H3/b31-29-. The van der Waals surface area contributed by atoms with Crippen LogP contribution in [0.2, 0.25) is 0 Å². The Morgan fingerprint density at radius 1 is 0.257 bits per heavy atom. The highest BCUT2D eigenvalue weighted by atomic mass is 16.6. The quantitative estimate of drug-likeness (QED) is 0.0261. The van der Waals surface area contributed by atoms with Gasteiger partial charge in [0.1, 0.15) is 13.2 Å². The van der Waals surface area contributed by atoms with E-state index >= 15 is 0 Å². The van der Waals surface area contributed by atoms with Crippen molar-refractivity contribution in [1.29, 1.82) is 0 Å². The predicted molar refractivity (Wildman–Crippen MR) is 321 cm³/mol. The lowest BCUT2D eigenvalue weighted by Gasteiger charge is -2.18. The zero-order valence-electron chi connectivity index (χ0n) is 50.4. The molecule has 0 aliphatic rings. The number of carbonyl (C=O) groups is 3. The van der Waals surface area contributed by atoms with Gasteiger partial charge in [-0.05, 0) is 44.9 Å². The minimum Gasteiger partial charge on any atom is -0.462 e. The molecule has 6 nitrogen and oxygen atoms in total. The van der Waals surface area contributed by atoms with Gasteiger partial charge in [0.05, 0.1) is 0 Å². The summed E-state index contributed by atoms with van der Waals surface area (Å²) in [6, 6.07) is 0. The number of ether oxygens (including phenoxy) is 3. The number of rotatable bonds is 63. The third-order valence-electron chi connectivity index (χ3n) is 15.5. The summed E-state index contributed by atoms with van der Waals surface area (Å²) >= 11 is 0. The molecule has 1 unspecified atom stereocenters. The van der Waals surface area contributed by atoms with Gasteiger partial charge in [0.15, 0.2) is 6.10 Å². The fraction of sp³-hybridized carbons (Fsp3) is 0.926. The van der Waals surface area contributed by atoms with Crippen molar-refractivity contribution < 1.29 is 28.6 Å². The molecule has 438 valence electrons. The van der Waals surface area contributed by atoms with Gasteiger partial charge in [-0.3, -0.25) is 14.4 Å². The van der Waals surface area contributed by atoms with E-state index in [0.29, 0.717) is 19.3 Å². The average molecular weight is 1040 g/mol. The molecule has 0 rings (SSSR count). The molecule has 0 saturated carbocycles. The van der Waals surface area contributed by atoms with Gasteiger partial charge in [-0.15, -0.1) is 0 Å². The van der Waals surface area contributed by atoms with Gasteiger partial charge in [-0.1, -0.05) is 335 Å². The first-order valence-electron chi connectivity index (χ1n) is 33.7. The summed E-state index contributed by atoms with van der Waals surface area (Å²) in [6.45, 7) is 6.72. The third-order valence-corrected chi connectivity index (χ3v) is 15.5. The van der Waals surface area contributed by atoms with E-state index in [2.05, 4.69) is 32.9 Å². The van der Waals surface area contributed by atoms with Crippen LogP contribution in [0.15, 0.2) is 12.2 Å². The minimum atomic E-state index is -0.768. The number of hydrogen-bond acceptors (Lipinski definition) is 6. The number of allylic oxidation sites excluding steroid dienone is 2. The monoisotopic (exact) mass is 1040 g/mol. The predicted octanol–water partition coefficient (Wildman–Crippen LogP) is 22.8. The van der Waals surface area contributed by atoms with Crippen LogP contribution in [0.4, 0.5) is 0 Å². The second-order valence-corrected chi connectivity index (χ2v) is 23.1. The van der Waals surface area contributed by atoms with Crippen LogP contribution in [-0.4, -0.2) is 37.2 Å². The summed E-state index contributed by atoms with van der Waals surface area (Å²) in [6.07, 6.45) is 75.1. The molecule has 0 spiro atoms. The van der Waals surface area contributed by atoms with Crippen molar-refractivity contribution in [2.45, 2.75) is 393 Å². The lowest BCUT2D eigenvalue weighted by molar-refractivity contribution is -0.167. The molecule has 0 aromatic heterocycles. The fourth-order valence-corrected chi connectivity index (χ4v) is 10.4. The Hall–Kier alpha value is -1.85. The molecule has 1 atom stereocenters. The zero-order valence-corrected chi connectivity index (χ0v) is 50.4. The largest absolute Gasteiger partial charge is 0.462 e. The average Bonchev–Trinajstić information content (AvgIpc) is 3.40. The highest BCUT2D eigenvalue weighted by Gasteiger charge is 2.19. The first-order valence-corrected chi connectivity index (χ1v) is 33.7. The van der Waals surface area contributed by atoms with Gasteiger partial charge in [-0.25, -0.2) is 0 Å². The van der Waals surface area contributed by atoms with Gasteiger partial charge in [0, 0.05) is 19.3 Å². The van der Waals surface area contributed by atoms with Crippen LogP contribution in [0.5, 0.6) is 0 Å². The number of unbranched alkanes of at least 4 members (excludes halogenated alkanes) is 50. The Bertz CT molecular complexity index is 1150. The summed E-state index contributed by atoms with van der Waals surface area (Å²) < 4.78 is 17.0. The summed E-state index contributed by atoms with van der Waals surface area (Å²) in [5, 5.41) is 0. The third kappa shape index (κ3) is 61.0. The molecule has 0 saturated heterocycles. The summed E-state index contributed by atoms with van der Waals surface area (Å²) in [4.78, 5) is 38.4. The van der Waals surface area contributed by atoms with Gasteiger partial charge in [0.2, 0.25) is 0 Å². The molecular formula is C68H130O6. The molecule has 0 aromatic rings. The molecule has 0 amide bonds. The van der Waals surface area contributed by atoms with E-state index in [0.717, 1.165) is 57.8 Å². The van der Waals surface area contributed by atoms with Crippen molar-refractivity contribution in [1.82, 2.24) is 0 Å². The smallest absolute Gasteiger partial charge is 0.306 e. The zero-order chi connectivity index (χ0) is 53.6. The molecule has 0 aliphatic heterocycles. The van der Waals surface area contributed by atoms with Gasteiger partial charge < -0.3 is 14.2 Å². The van der Waals surface area contributed by atoms with Crippen LogP contribution in [0, 0.1) is 0 Å². The van der Waals surface area contributed by atoms with Gasteiger partial charge in [0.25, 0.3) is 0 Å². The molecule has 0 radical (unpaired) electrons. The highest BCUT2D eigenvalue weighted by molar-refractivity contribution is 5.71. The van der Waals surface area contributed by atoms with Gasteiger partial charge >= 0.3 is 17.9 Å². The SMILES string of the molecule is CCCCCCCCC/C=C\CCCCCCCCCC(=O)OC(COC(=O)CCCCCCCCCCCCCCCCC)COC(=O)CCCCCCCCCCCCCCCCCCCCCCCCC. The Balaban J connectivity index is 4.26. The molecular weight excluding hydrogens is 913 g/mol. The molecule has 0 aromatic carbocycles. The van der Waals surface area contributed by atoms with E-state index in [1.54, 1.807) is 0 Å². The first-order chi connectivity index (χ1) is 36.5. The fourth-order valence-electron chi connectivity index (χ4n) is 10.4. The van der Waals surface area contributed by atoms with Crippen LogP contribution in [0.25, 0.3) is 0 Å². The van der Waals surface area contributed by atoms with E-state index in [4.69, 9.17) is 14.2 Å². The number of esters is 3. The highest BCUT2D eigenvalue weighted by Crippen LogP contribution is 2.18. The summed E-state index contributed by atoms with van der Waals surface area (Å²) in [7, 11) is 0. The van der Waals surface area contributed by atoms with Crippen molar-refractivity contribution in [3.8, 4) is 0 Å². The van der Waals surface area contributed by atoms with Crippen LogP contribution >= 0.6 is 0 Å². The van der Waals surface area contributed by atoms with Crippen LogP contribution in [-0.2, 0) is 28.6 Å². The molecule has 0 N–H and O–H groups in total. The van der Waals surface area contributed by atoms with Crippen LogP contribution in [0.3, 0.4) is 0 Å². The maximum atomic E-state index is 12.9. The van der Waals surface area contributed by atoms with Crippen LogP contribution in [0.1, 0.15) is 387 Å². The lowest BCUT2D eigenvalue weighted by atomic mass is 10.0. The Kier molecular flexibility index (Phi) is 62.1. The molecule has 6 heteroatoms. The molecule has 0 fully saturated rings.